The fourth-order valence-electron chi connectivity index (χ4n) is 2.34. The van der Waals surface area contributed by atoms with Gasteiger partial charge in [0.2, 0.25) is 0 Å². The number of rotatable bonds is 3. The Morgan fingerprint density at radius 3 is 2.25 bits per heavy atom. The molecule has 0 aromatic heterocycles. The lowest BCUT2D eigenvalue weighted by molar-refractivity contribution is 0.0798. The molecule has 0 saturated heterocycles. The molecule has 0 saturated carbocycles. The largest absolute Gasteiger partial charge is 0.305 e. The molecular weight excluding hydrogens is 198 g/mol. The number of hydrogen-bond donors (Lipinski definition) is 0. The summed E-state index contributed by atoms with van der Waals surface area (Å²) in [7, 11) is 0. The molecule has 84 valence electrons. The molecule has 2 heteroatoms. The Morgan fingerprint density at radius 2 is 1.75 bits per heavy atom. The van der Waals surface area contributed by atoms with Gasteiger partial charge in [0.15, 0.2) is 0 Å². The minimum atomic E-state index is 0.106. The number of hydrogen-bond acceptors (Lipinski definition) is 1. The van der Waals surface area contributed by atoms with E-state index in [1.54, 1.807) is 0 Å². The van der Waals surface area contributed by atoms with Crippen molar-refractivity contribution in [3.05, 3.63) is 42.0 Å². The van der Waals surface area contributed by atoms with E-state index < -0.39 is 0 Å². The van der Waals surface area contributed by atoms with Crippen LogP contribution in [0.3, 0.4) is 0 Å². The standard InChI is InChI=1S/C14H17NO/c1-4-11(5-2)15-10(3)12-8-6-7-9-13(12)14(15)16/h6-9,11H,3-5H2,1-2H3. The van der Waals surface area contributed by atoms with Crippen molar-refractivity contribution in [2.24, 2.45) is 0 Å². The van der Waals surface area contributed by atoms with Crippen molar-refractivity contribution in [1.29, 1.82) is 0 Å². The quantitative estimate of drug-likeness (QED) is 0.757. The highest BCUT2D eigenvalue weighted by Crippen LogP contribution is 2.34. The van der Waals surface area contributed by atoms with Crippen LogP contribution in [0.4, 0.5) is 0 Å². The summed E-state index contributed by atoms with van der Waals surface area (Å²) >= 11 is 0. The minimum absolute atomic E-state index is 0.106. The summed E-state index contributed by atoms with van der Waals surface area (Å²) in [5.41, 5.74) is 2.63. The van der Waals surface area contributed by atoms with Gasteiger partial charge in [0.1, 0.15) is 0 Å². The first-order valence-corrected chi connectivity index (χ1v) is 5.82. The summed E-state index contributed by atoms with van der Waals surface area (Å²) in [6, 6.07) is 7.98. The van der Waals surface area contributed by atoms with Gasteiger partial charge in [-0.25, -0.2) is 0 Å². The molecule has 0 bridgehead atoms. The van der Waals surface area contributed by atoms with Crippen LogP contribution in [0.25, 0.3) is 5.70 Å². The van der Waals surface area contributed by atoms with Crippen LogP contribution >= 0.6 is 0 Å². The van der Waals surface area contributed by atoms with Crippen molar-refractivity contribution in [2.45, 2.75) is 32.7 Å². The van der Waals surface area contributed by atoms with Crippen LogP contribution in [0.1, 0.15) is 42.6 Å². The third kappa shape index (κ3) is 1.45. The van der Waals surface area contributed by atoms with E-state index in [0.29, 0.717) is 0 Å². The molecule has 16 heavy (non-hydrogen) atoms. The highest BCUT2D eigenvalue weighted by atomic mass is 16.2. The van der Waals surface area contributed by atoms with E-state index in [1.807, 2.05) is 29.2 Å². The second-order valence-corrected chi connectivity index (χ2v) is 4.14. The summed E-state index contributed by atoms with van der Waals surface area (Å²) in [5, 5.41) is 0. The van der Waals surface area contributed by atoms with E-state index >= 15 is 0 Å². The molecule has 1 aromatic rings. The van der Waals surface area contributed by atoms with Crippen LogP contribution in [0.2, 0.25) is 0 Å². The molecule has 1 heterocycles. The Hall–Kier alpha value is -1.57. The summed E-state index contributed by atoms with van der Waals surface area (Å²) in [4.78, 5) is 14.1. The van der Waals surface area contributed by atoms with Gasteiger partial charge in [-0.1, -0.05) is 38.6 Å². The molecule has 1 aliphatic rings. The molecule has 2 nitrogen and oxygen atoms in total. The van der Waals surface area contributed by atoms with Crippen molar-refractivity contribution >= 4 is 11.6 Å². The molecular formula is C14H17NO. The van der Waals surface area contributed by atoms with Crippen LogP contribution in [0.15, 0.2) is 30.8 Å². The molecule has 1 aromatic carbocycles. The fourth-order valence-corrected chi connectivity index (χ4v) is 2.34. The minimum Gasteiger partial charge on any atom is -0.305 e. The Labute approximate surface area is 96.6 Å². The van der Waals surface area contributed by atoms with E-state index in [0.717, 1.165) is 29.7 Å². The van der Waals surface area contributed by atoms with Crippen molar-refractivity contribution in [2.75, 3.05) is 0 Å². The molecule has 1 amide bonds. The fraction of sp³-hybridized carbons (Fsp3) is 0.357. The third-order valence-electron chi connectivity index (χ3n) is 3.29. The normalized spacial score (nSPS) is 14.8. The number of amides is 1. The molecule has 2 rings (SSSR count). The number of benzene rings is 1. The molecule has 0 radical (unpaired) electrons. The van der Waals surface area contributed by atoms with E-state index in [2.05, 4.69) is 20.4 Å². The number of fused-ring (bicyclic) bond motifs is 1. The Bertz CT molecular complexity index is 397. The van der Waals surface area contributed by atoms with Gasteiger partial charge in [-0.3, -0.25) is 4.79 Å². The Balaban J connectivity index is 2.42. The maximum atomic E-state index is 12.2. The van der Waals surface area contributed by atoms with Crippen molar-refractivity contribution in [1.82, 2.24) is 4.90 Å². The first-order valence-electron chi connectivity index (χ1n) is 5.82. The first-order chi connectivity index (χ1) is 7.70. The van der Waals surface area contributed by atoms with Crippen LogP contribution in [-0.4, -0.2) is 16.8 Å². The van der Waals surface area contributed by atoms with E-state index in [4.69, 9.17) is 0 Å². The number of carbonyl (C=O) groups excluding carboxylic acids is 1. The second kappa shape index (κ2) is 4.12. The summed E-state index contributed by atoms with van der Waals surface area (Å²) in [5.74, 6) is 0.106. The highest BCUT2D eigenvalue weighted by Gasteiger charge is 2.33. The summed E-state index contributed by atoms with van der Waals surface area (Å²) in [6.07, 6.45) is 1.94. The van der Waals surface area contributed by atoms with E-state index in [9.17, 15) is 4.79 Å². The summed E-state index contributed by atoms with van der Waals surface area (Å²) < 4.78 is 0. The SMILES string of the molecule is C=C1c2ccccc2C(=O)N1C(CC)CC. The van der Waals surface area contributed by atoms with Crippen LogP contribution in [0, 0.1) is 0 Å². The molecule has 0 fully saturated rings. The predicted molar refractivity (Wildman–Crippen MR) is 66.0 cm³/mol. The van der Waals surface area contributed by atoms with Gasteiger partial charge in [-0.2, -0.15) is 0 Å². The average Bonchev–Trinajstić information content (AvgIpc) is 2.57. The molecule has 0 spiro atoms. The van der Waals surface area contributed by atoms with Gasteiger partial charge >= 0.3 is 0 Å². The van der Waals surface area contributed by atoms with E-state index in [-0.39, 0.29) is 11.9 Å². The van der Waals surface area contributed by atoms with Crippen LogP contribution < -0.4 is 0 Å². The average molecular weight is 215 g/mol. The van der Waals surface area contributed by atoms with Crippen molar-refractivity contribution < 1.29 is 4.79 Å². The second-order valence-electron chi connectivity index (χ2n) is 4.14. The topological polar surface area (TPSA) is 20.3 Å². The molecule has 0 N–H and O–H groups in total. The van der Waals surface area contributed by atoms with Crippen molar-refractivity contribution in [3.63, 3.8) is 0 Å². The maximum Gasteiger partial charge on any atom is 0.259 e. The smallest absolute Gasteiger partial charge is 0.259 e. The zero-order valence-electron chi connectivity index (χ0n) is 9.86. The van der Waals surface area contributed by atoms with E-state index in [1.165, 1.54) is 0 Å². The van der Waals surface area contributed by atoms with Gasteiger partial charge in [-0.05, 0) is 18.9 Å². The third-order valence-corrected chi connectivity index (χ3v) is 3.29. The van der Waals surface area contributed by atoms with Gasteiger partial charge in [-0.15, -0.1) is 0 Å². The van der Waals surface area contributed by atoms with Gasteiger partial charge in [0, 0.05) is 22.9 Å². The lowest BCUT2D eigenvalue weighted by Gasteiger charge is -2.26. The monoisotopic (exact) mass is 215 g/mol. The predicted octanol–water partition coefficient (Wildman–Crippen LogP) is 3.30. The first kappa shape index (κ1) is 10.9. The highest BCUT2D eigenvalue weighted by molar-refractivity contribution is 6.09. The van der Waals surface area contributed by atoms with Crippen LogP contribution in [-0.2, 0) is 0 Å². The zero-order chi connectivity index (χ0) is 11.7. The summed E-state index contributed by atoms with van der Waals surface area (Å²) in [6.45, 7) is 8.27. The number of nitrogens with zero attached hydrogens (tertiary/aromatic N) is 1. The maximum absolute atomic E-state index is 12.2. The Morgan fingerprint density at radius 1 is 1.19 bits per heavy atom. The lowest BCUT2D eigenvalue weighted by Crippen LogP contribution is -2.33. The number of carbonyl (C=O) groups is 1. The van der Waals surface area contributed by atoms with Crippen molar-refractivity contribution in [3.8, 4) is 0 Å². The molecule has 0 atom stereocenters. The van der Waals surface area contributed by atoms with Gasteiger partial charge in [0.05, 0.1) is 0 Å². The molecule has 0 unspecified atom stereocenters. The Kier molecular flexibility index (Phi) is 2.82. The van der Waals surface area contributed by atoms with Gasteiger partial charge in [0.25, 0.3) is 5.91 Å². The zero-order valence-corrected chi connectivity index (χ0v) is 9.86. The van der Waals surface area contributed by atoms with Gasteiger partial charge < -0.3 is 4.90 Å². The molecule has 1 aliphatic heterocycles. The van der Waals surface area contributed by atoms with Crippen LogP contribution in [0.5, 0.6) is 0 Å². The lowest BCUT2D eigenvalue weighted by atomic mass is 10.1. The molecule has 0 aliphatic carbocycles.